The summed E-state index contributed by atoms with van der Waals surface area (Å²) in [4.78, 5) is 51.3. The van der Waals surface area contributed by atoms with Gasteiger partial charge < -0.3 is 14.0 Å². The molecule has 1 N–H and O–H groups in total. The van der Waals surface area contributed by atoms with Crippen LogP contribution >= 0.6 is 0 Å². The number of ether oxygens (including phenoxy) is 2. The maximum absolute atomic E-state index is 13.3. The van der Waals surface area contributed by atoms with Crippen molar-refractivity contribution in [3.63, 3.8) is 0 Å². The summed E-state index contributed by atoms with van der Waals surface area (Å²) in [5.74, 6) is -1.35. The van der Waals surface area contributed by atoms with E-state index < -0.39 is 29.7 Å². The van der Waals surface area contributed by atoms with Crippen molar-refractivity contribution in [1.29, 1.82) is 0 Å². The van der Waals surface area contributed by atoms with Crippen molar-refractivity contribution in [2.45, 2.75) is 58.5 Å². The monoisotopic (exact) mass is 455 g/mol. The van der Waals surface area contributed by atoms with Gasteiger partial charge in [0.2, 0.25) is 11.8 Å². The highest BCUT2D eigenvalue weighted by molar-refractivity contribution is 6.28. The molecule has 4 amide bonds. The van der Waals surface area contributed by atoms with E-state index in [0.717, 1.165) is 36.3 Å². The predicted octanol–water partition coefficient (Wildman–Crippen LogP) is 2.65. The Morgan fingerprint density at radius 1 is 1.03 bits per heavy atom. The van der Waals surface area contributed by atoms with Crippen LogP contribution in [0.3, 0.4) is 0 Å². The van der Waals surface area contributed by atoms with Crippen LogP contribution in [0, 0.1) is 0 Å². The van der Waals surface area contributed by atoms with Crippen molar-refractivity contribution in [2.75, 3.05) is 19.8 Å². The van der Waals surface area contributed by atoms with Crippen molar-refractivity contribution in [1.82, 2.24) is 14.8 Å². The van der Waals surface area contributed by atoms with Gasteiger partial charge in [-0.15, -0.1) is 0 Å². The van der Waals surface area contributed by atoms with Crippen molar-refractivity contribution in [3.05, 3.63) is 29.5 Å². The molecule has 1 aromatic heterocycles. The van der Waals surface area contributed by atoms with E-state index in [9.17, 15) is 19.2 Å². The highest BCUT2D eigenvalue weighted by atomic mass is 16.5. The minimum atomic E-state index is -0.974. The Balaban J connectivity index is 1.53. The van der Waals surface area contributed by atoms with E-state index >= 15 is 0 Å². The molecule has 1 saturated heterocycles. The van der Waals surface area contributed by atoms with Gasteiger partial charge in [0.1, 0.15) is 17.5 Å². The Labute approximate surface area is 192 Å². The second-order valence-corrected chi connectivity index (χ2v) is 8.26. The number of aryl methyl sites for hydroxylation is 1. The van der Waals surface area contributed by atoms with Gasteiger partial charge in [0, 0.05) is 44.1 Å². The third-order valence-corrected chi connectivity index (χ3v) is 6.07. The van der Waals surface area contributed by atoms with Gasteiger partial charge in [0.25, 0.3) is 11.8 Å². The van der Waals surface area contributed by atoms with Crippen LogP contribution in [-0.4, -0.2) is 59.0 Å². The summed E-state index contributed by atoms with van der Waals surface area (Å²) >= 11 is 0. The minimum Gasteiger partial charge on any atom is -0.493 e. The molecule has 2 aromatic rings. The van der Waals surface area contributed by atoms with Gasteiger partial charge in [0.15, 0.2) is 0 Å². The van der Waals surface area contributed by atoms with Crippen molar-refractivity contribution >= 4 is 34.5 Å². The number of nitrogens with one attached hydrogen (secondary N) is 1. The lowest BCUT2D eigenvalue weighted by Gasteiger charge is -2.28. The van der Waals surface area contributed by atoms with Crippen molar-refractivity contribution in [2.24, 2.45) is 0 Å². The number of hydrogen-bond donors (Lipinski definition) is 1. The fourth-order valence-electron chi connectivity index (χ4n) is 4.42. The third kappa shape index (κ3) is 4.25. The Morgan fingerprint density at radius 2 is 1.82 bits per heavy atom. The molecule has 3 heterocycles. The lowest BCUT2D eigenvalue weighted by molar-refractivity contribution is -0.136. The number of unbranched alkanes of at least 4 members (excludes halogenated alkanes) is 1. The van der Waals surface area contributed by atoms with Crippen LogP contribution in [0.4, 0.5) is 0 Å². The normalized spacial score (nSPS) is 18.2. The lowest BCUT2D eigenvalue weighted by atomic mass is 10.0. The zero-order chi connectivity index (χ0) is 23.5. The second-order valence-electron chi connectivity index (χ2n) is 8.26. The third-order valence-electron chi connectivity index (χ3n) is 6.07. The number of carbonyl (C=O) groups is 4. The van der Waals surface area contributed by atoms with Crippen LogP contribution in [0.5, 0.6) is 5.75 Å². The molecule has 2 aliphatic rings. The Bertz CT molecular complexity index is 1110. The highest BCUT2D eigenvalue weighted by Crippen LogP contribution is 2.37. The summed E-state index contributed by atoms with van der Waals surface area (Å²) in [6.07, 6.45) is 3.15. The quantitative estimate of drug-likeness (QED) is 0.436. The molecule has 0 aliphatic carbocycles. The fraction of sp³-hybridized carbons (Fsp3) is 0.500. The first-order valence-corrected chi connectivity index (χ1v) is 11.6. The average Bonchev–Trinajstić information content (AvgIpc) is 3.25. The molecule has 33 heavy (non-hydrogen) atoms. The van der Waals surface area contributed by atoms with Crippen molar-refractivity contribution in [3.8, 4) is 5.75 Å². The first-order valence-electron chi connectivity index (χ1n) is 11.6. The zero-order valence-corrected chi connectivity index (χ0v) is 19.0. The molecule has 176 valence electrons. The van der Waals surface area contributed by atoms with E-state index in [1.165, 1.54) is 0 Å². The van der Waals surface area contributed by atoms with E-state index in [4.69, 9.17) is 9.47 Å². The Hall–Kier alpha value is -3.20. The van der Waals surface area contributed by atoms with E-state index in [-0.39, 0.29) is 18.5 Å². The molecule has 0 spiro atoms. The molecule has 1 atom stereocenters. The number of benzene rings is 1. The number of fused-ring (bicyclic) bond motifs is 3. The smallest absolute Gasteiger partial charge is 0.278 e. The lowest BCUT2D eigenvalue weighted by Crippen LogP contribution is -2.54. The van der Waals surface area contributed by atoms with Gasteiger partial charge in [0.05, 0.1) is 17.7 Å². The SMILES string of the molecule is CCCCOCCCOc1ccc2c3c(n(CC)c2c1)C(=O)N([C@H]1CCC(=O)NC1=O)C3=O. The molecule has 4 rings (SSSR count). The largest absolute Gasteiger partial charge is 0.493 e. The molecule has 1 aromatic carbocycles. The molecule has 2 aliphatic heterocycles. The molecule has 1 fully saturated rings. The summed E-state index contributed by atoms with van der Waals surface area (Å²) in [6.45, 7) is 6.40. The van der Waals surface area contributed by atoms with Crippen LogP contribution in [0.25, 0.3) is 10.9 Å². The Morgan fingerprint density at radius 3 is 2.55 bits per heavy atom. The molecular weight excluding hydrogens is 426 g/mol. The minimum absolute atomic E-state index is 0.0938. The number of carbonyl (C=O) groups excluding carboxylic acids is 4. The number of imide groups is 2. The Kier molecular flexibility index (Phi) is 6.78. The second kappa shape index (κ2) is 9.74. The van der Waals surface area contributed by atoms with Crippen LogP contribution < -0.4 is 10.1 Å². The molecule has 0 bridgehead atoms. The number of hydrogen-bond acceptors (Lipinski definition) is 6. The van der Waals surface area contributed by atoms with Gasteiger partial charge in [-0.25, -0.2) is 0 Å². The standard InChI is InChI=1S/C24H29N3O6/c1-3-5-11-32-12-6-13-33-15-7-8-16-18(14-15)26(4-2)21-20(16)23(30)27(24(21)31)17-9-10-19(28)25-22(17)29/h7-8,14,17H,3-6,9-13H2,1-2H3,(H,25,28,29)/t17-/m0/s1. The van der Waals surface area contributed by atoms with Crippen LogP contribution in [0.1, 0.15) is 66.8 Å². The first-order chi connectivity index (χ1) is 16.0. The molecule has 9 nitrogen and oxygen atoms in total. The van der Waals surface area contributed by atoms with Gasteiger partial charge in [-0.3, -0.25) is 29.4 Å². The van der Waals surface area contributed by atoms with Crippen molar-refractivity contribution < 1.29 is 28.7 Å². The molecule has 0 radical (unpaired) electrons. The first kappa shape index (κ1) is 23.0. The summed E-state index contributed by atoms with van der Waals surface area (Å²) in [5, 5.41) is 2.87. The van der Waals surface area contributed by atoms with Gasteiger partial charge in [-0.05, 0) is 31.9 Å². The summed E-state index contributed by atoms with van der Waals surface area (Å²) in [6, 6.07) is 4.43. The average molecular weight is 456 g/mol. The van der Waals surface area contributed by atoms with Gasteiger partial charge >= 0.3 is 0 Å². The number of nitrogens with zero attached hydrogens (tertiary/aromatic N) is 2. The van der Waals surface area contributed by atoms with Crippen LogP contribution in [0.2, 0.25) is 0 Å². The van der Waals surface area contributed by atoms with Gasteiger partial charge in [-0.1, -0.05) is 13.3 Å². The molecular formula is C24H29N3O6. The maximum Gasteiger partial charge on any atom is 0.278 e. The fourth-order valence-corrected chi connectivity index (χ4v) is 4.42. The van der Waals surface area contributed by atoms with E-state index in [1.54, 1.807) is 16.7 Å². The number of aromatic nitrogens is 1. The van der Waals surface area contributed by atoms with E-state index in [2.05, 4.69) is 12.2 Å². The summed E-state index contributed by atoms with van der Waals surface area (Å²) in [7, 11) is 0. The zero-order valence-electron chi connectivity index (χ0n) is 19.0. The molecule has 0 unspecified atom stereocenters. The molecule has 0 saturated carbocycles. The van der Waals surface area contributed by atoms with Crippen LogP contribution in [0.15, 0.2) is 18.2 Å². The summed E-state index contributed by atoms with van der Waals surface area (Å²) < 4.78 is 13.2. The predicted molar refractivity (Wildman–Crippen MR) is 120 cm³/mol. The topological polar surface area (TPSA) is 107 Å². The maximum atomic E-state index is 13.3. The van der Waals surface area contributed by atoms with Gasteiger partial charge in [-0.2, -0.15) is 0 Å². The van der Waals surface area contributed by atoms with E-state index in [0.29, 0.717) is 36.5 Å². The summed E-state index contributed by atoms with van der Waals surface area (Å²) in [5.41, 5.74) is 1.32. The highest BCUT2D eigenvalue weighted by Gasteiger charge is 2.47. The molecule has 9 heteroatoms. The van der Waals surface area contributed by atoms with Crippen LogP contribution in [-0.2, 0) is 20.9 Å². The number of amides is 4. The number of rotatable bonds is 10. The number of piperidine rings is 1. The van der Waals surface area contributed by atoms with E-state index in [1.807, 2.05) is 13.0 Å².